The molecule has 0 aliphatic carbocycles. The van der Waals surface area contributed by atoms with Crippen LogP contribution in [0.2, 0.25) is 0 Å². The number of phenols is 2. The van der Waals surface area contributed by atoms with E-state index in [1.54, 1.807) is 0 Å². The van der Waals surface area contributed by atoms with Crippen LogP contribution >= 0.6 is 0 Å². The number of rotatable bonds is 2. The van der Waals surface area contributed by atoms with E-state index in [-0.39, 0.29) is 11.3 Å². The van der Waals surface area contributed by atoms with Gasteiger partial charge in [0.1, 0.15) is 0 Å². The Morgan fingerprint density at radius 3 is 2.23 bits per heavy atom. The Labute approximate surface area is 74.7 Å². The van der Waals surface area contributed by atoms with Crippen LogP contribution in [0, 0.1) is 0 Å². The molecule has 0 atom stereocenters. The van der Waals surface area contributed by atoms with E-state index >= 15 is 0 Å². The largest absolute Gasteiger partial charge is 0.504 e. The van der Waals surface area contributed by atoms with Gasteiger partial charge in [0.25, 0.3) is 0 Å². The second-order valence-electron chi connectivity index (χ2n) is 2.72. The number of aromatic hydroxyl groups is 2. The number of hydrogen-bond donors (Lipinski definition) is 5. The van der Waals surface area contributed by atoms with Gasteiger partial charge in [-0.25, -0.2) is 0 Å². The molecule has 1 rings (SSSR count). The Morgan fingerprint density at radius 2 is 1.77 bits per heavy atom. The number of benzene rings is 1. The molecular weight excluding hydrogens is 174 g/mol. The Morgan fingerprint density at radius 1 is 1.15 bits per heavy atom. The average molecular weight is 185 g/mol. The summed E-state index contributed by atoms with van der Waals surface area (Å²) in [4.78, 5) is 0. The lowest BCUT2D eigenvalue weighted by Crippen LogP contribution is -2.34. The van der Waals surface area contributed by atoms with E-state index in [4.69, 9.17) is 15.9 Å². The summed E-state index contributed by atoms with van der Waals surface area (Å²) in [7, 11) is 0. The van der Waals surface area contributed by atoms with Crippen LogP contribution in [0.25, 0.3) is 0 Å². The SMILES string of the molecule is NCC(O)(O)c1ccc(O)c(O)c1. The van der Waals surface area contributed by atoms with E-state index in [2.05, 4.69) is 0 Å². The van der Waals surface area contributed by atoms with Crippen LogP contribution in [0.5, 0.6) is 11.5 Å². The quantitative estimate of drug-likeness (QED) is 0.306. The predicted octanol–water partition coefficient (Wildman–Crippen LogP) is -0.806. The molecule has 0 heterocycles. The van der Waals surface area contributed by atoms with Gasteiger partial charge in [-0.15, -0.1) is 0 Å². The zero-order valence-corrected chi connectivity index (χ0v) is 6.81. The molecule has 0 aliphatic rings. The molecule has 0 amide bonds. The van der Waals surface area contributed by atoms with Crippen molar-refractivity contribution >= 4 is 0 Å². The molecule has 0 radical (unpaired) electrons. The molecule has 72 valence electrons. The first-order valence-electron chi connectivity index (χ1n) is 3.64. The third-order valence-electron chi connectivity index (χ3n) is 1.72. The fraction of sp³-hybridized carbons (Fsp3) is 0.250. The van der Waals surface area contributed by atoms with Crippen molar-refractivity contribution in [3.05, 3.63) is 23.8 Å². The maximum atomic E-state index is 9.25. The molecule has 0 spiro atoms. The number of aliphatic hydroxyl groups is 2. The first kappa shape index (κ1) is 9.79. The number of nitrogens with two attached hydrogens (primary N) is 1. The van der Waals surface area contributed by atoms with E-state index in [1.165, 1.54) is 6.07 Å². The highest BCUT2D eigenvalue weighted by atomic mass is 16.5. The summed E-state index contributed by atoms with van der Waals surface area (Å²) >= 11 is 0. The molecule has 5 heteroatoms. The van der Waals surface area contributed by atoms with Gasteiger partial charge in [0.05, 0.1) is 6.54 Å². The summed E-state index contributed by atoms with van der Waals surface area (Å²) in [6.07, 6.45) is 0. The van der Waals surface area contributed by atoms with Gasteiger partial charge >= 0.3 is 0 Å². The first-order valence-corrected chi connectivity index (χ1v) is 3.64. The molecule has 0 aromatic heterocycles. The zero-order chi connectivity index (χ0) is 10.1. The van der Waals surface area contributed by atoms with Gasteiger partial charge in [-0.1, -0.05) is 0 Å². The highest BCUT2D eigenvalue weighted by Crippen LogP contribution is 2.28. The summed E-state index contributed by atoms with van der Waals surface area (Å²) in [6, 6.07) is 3.46. The normalized spacial score (nSPS) is 11.6. The molecule has 0 aliphatic heterocycles. The highest BCUT2D eigenvalue weighted by Gasteiger charge is 2.24. The Hall–Kier alpha value is -1.30. The molecular formula is C8H11NO4. The second kappa shape index (κ2) is 3.21. The van der Waals surface area contributed by atoms with Crippen LogP contribution in [0.3, 0.4) is 0 Å². The molecule has 0 unspecified atom stereocenters. The number of hydrogen-bond acceptors (Lipinski definition) is 5. The summed E-state index contributed by atoms with van der Waals surface area (Å²) in [5.41, 5.74) is 5.11. The Bertz CT molecular complexity index is 311. The van der Waals surface area contributed by atoms with Crippen LogP contribution in [-0.2, 0) is 5.79 Å². The minimum absolute atomic E-state index is 0.0327. The summed E-state index contributed by atoms with van der Waals surface area (Å²) in [5, 5.41) is 36.5. The predicted molar refractivity (Wildman–Crippen MR) is 44.9 cm³/mol. The van der Waals surface area contributed by atoms with Crippen molar-refractivity contribution in [3.8, 4) is 11.5 Å². The topological polar surface area (TPSA) is 107 Å². The molecule has 1 aromatic carbocycles. The van der Waals surface area contributed by atoms with Crippen LogP contribution in [0.1, 0.15) is 5.56 Å². The van der Waals surface area contributed by atoms with E-state index in [9.17, 15) is 10.2 Å². The van der Waals surface area contributed by atoms with Gasteiger partial charge in [0.15, 0.2) is 11.5 Å². The van der Waals surface area contributed by atoms with Crippen molar-refractivity contribution in [2.45, 2.75) is 5.79 Å². The third kappa shape index (κ3) is 1.89. The van der Waals surface area contributed by atoms with Gasteiger partial charge in [0.2, 0.25) is 5.79 Å². The smallest absolute Gasteiger partial charge is 0.202 e. The van der Waals surface area contributed by atoms with Gasteiger partial charge in [0, 0.05) is 5.56 Å². The third-order valence-corrected chi connectivity index (χ3v) is 1.72. The molecule has 5 nitrogen and oxygen atoms in total. The molecule has 0 saturated heterocycles. The fourth-order valence-electron chi connectivity index (χ4n) is 0.890. The Kier molecular flexibility index (Phi) is 2.42. The van der Waals surface area contributed by atoms with E-state index in [0.29, 0.717) is 0 Å². The van der Waals surface area contributed by atoms with Crippen LogP contribution in [0.4, 0.5) is 0 Å². The highest BCUT2D eigenvalue weighted by molar-refractivity contribution is 5.41. The van der Waals surface area contributed by atoms with Crippen molar-refractivity contribution in [2.75, 3.05) is 6.54 Å². The maximum absolute atomic E-state index is 9.25. The maximum Gasteiger partial charge on any atom is 0.202 e. The van der Waals surface area contributed by atoms with Gasteiger partial charge < -0.3 is 26.2 Å². The molecule has 0 fully saturated rings. The van der Waals surface area contributed by atoms with Crippen molar-refractivity contribution in [3.63, 3.8) is 0 Å². The van der Waals surface area contributed by atoms with E-state index in [1.807, 2.05) is 0 Å². The van der Waals surface area contributed by atoms with Gasteiger partial charge in [-0.3, -0.25) is 0 Å². The van der Waals surface area contributed by atoms with Crippen LogP contribution in [0.15, 0.2) is 18.2 Å². The molecule has 6 N–H and O–H groups in total. The first-order chi connectivity index (χ1) is 5.97. The molecule has 1 aromatic rings. The summed E-state index contributed by atoms with van der Waals surface area (Å²) < 4.78 is 0. The van der Waals surface area contributed by atoms with Crippen molar-refractivity contribution < 1.29 is 20.4 Å². The lowest BCUT2D eigenvalue weighted by Gasteiger charge is -2.19. The monoisotopic (exact) mass is 185 g/mol. The second-order valence-corrected chi connectivity index (χ2v) is 2.72. The van der Waals surface area contributed by atoms with Crippen LogP contribution in [-0.4, -0.2) is 27.0 Å². The van der Waals surface area contributed by atoms with Crippen LogP contribution < -0.4 is 5.73 Å². The zero-order valence-electron chi connectivity index (χ0n) is 6.81. The lowest BCUT2D eigenvalue weighted by molar-refractivity contribution is -0.160. The lowest BCUT2D eigenvalue weighted by atomic mass is 10.1. The minimum atomic E-state index is -2.18. The van der Waals surface area contributed by atoms with E-state index < -0.39 is 18.1 Å². The van der Waals surface area contributed by atoms with Gasteiger partial charge in [-0.2, -0.15) is 0 Å². The Balaban J connectivity index is 3.10. The number of phenolic OH excluding ortho intramolecular Hbond substituents is 2. The fourth-order valence-corrected chi connectivity index (χ4v) is 0.890. The minimum Gasteiger partial charge on any atom is -0.504 e. The standard InChI is InChI=1S/C8H11NO4/c9-4-8(12,13)5-1-2-6(10)7(11)3-5/h1-3,10-13H,4,9H2. The molecule has 0 bridgehead atoms. The van der Waals surface area contributed by atoms with Crippen molar-refractivity contribution in [2.24, 2.45) is 5.73 Å². The molecule has 0 saturated carbocycles. The van der Waals surface area contributed by atoms with Gasteiger partial charge in [-0.05, 0) is 18.2 Å². The van der Waals surface area contributed by atoms with Crippen molar-refractivity contribution in [1.29, 1.82) is 0 Å². The summed E-state index contributed by atoms with van der Waals surface area (Å²) in [5.74, 6) is -2.92. The summed E-state index contributed by atoms with van der Waals surface area (Å²) in [6.45, 7) is -0.392. The molecule has 13 heavy (non-hydrogen) atoms. The van der Waals surface area contributed by atoms with E-state index in [0.717, 1.165) is 12.1 Å². The average Bonchev–Trinajstić information content (AvgIpc) is 2.09. The van der Waals surface area contributed by atoms with Crippen molar-refractivity contribution in [1.82, 2.24) is 0 Å².